The van der Waals surface area contributed by atoms with Crippen LogP contribution in [0.15, 0.2) is 24.3 Å². The van der Waals surface area contributed by atoms with Crippen LogP contribution in [-0.4, -0.2) is 18.6 Å². The molecule has 0 heterocycles. The molecule has 4 heteroatoms. The highest BCUT2D eigenvalue weighted by Gasteiger charge is 2.21. The van der Waals surface area contributed by atoms with E-state index < -0.39 is 0 Å². The Balaban J connectivity index is 2.88. The van der Waals surface area contributed by atoms with Gasteiger partial charge in [-0.3, -0.25) is 10.1 Å². The van der Waals surface area contributed by atoms with E-state index in [4.69, 9.17) is 4.74 Å². The average Bonchev–Trinajstić information content (AvgIpc) is 2.25. The van der Waals surface area contributed by atoms with Crippen LogP contribution < -0.4 is 4.74 Å². The second kappa shape index (κ2) is 5.49. The van der Waals surface area contributed by atoms with E-state index >= 15 is 0 Å². The third-order valence-electron chi connectivity index (χ3n) is 2.69. The van der Waals surface area contributed by atoms with Crippen LogP contribution in [0, 0.1) is 16.0 Å². The molecule has 0 radical (unpaired) electrons. The first-order valence-corrected chi connectivity index (χ1v) is 5.30. The van der Waals surface area contributed by atoms with Gasteiger partial charge in [-0.25, -0.2) is 0 Å². The number of hydrogen-bond donors (Lipinski definition) is 0. The lowest BCUT2D eigenvalue weighted by Crippen LogP contribution is -2.17. The summed E-state index contributed by atoms with van der Waals surface area (Å²) in [6.07, 6.45) is 0. The maximum atomic E-state index is 10.6. The number of nitro groups is 1. The van der Waals surface area contributed by atoms with Crippen molar-refractivity contribution in [2.45, 2.75) is 19.8 Å². The summed E-state index contributed by atoms with van der Waals surface area (Å²) in [4.78, 5) is 10.3. The molecule has 0 saturated carbocycles. The Morgan fingerprint density at radius 3 is 2.25 bits per heavy atom. The van der Waals surface area contributed by atoms with Gasteiger partial charge in [0.05, 0.1) is 13.0 Å². The van der Waals surface area contributed by atoms with Crippen LogP contribution in [-0.2, 0) is 0 Å². The fourth-order valence-corrected chi connectivity index (χ4v) is 1.71. The van der Waals surface area contributed by atoms with Crippen molar-refractivity contribution in [3.8, 4) is 5.75 Å². The molecule has 0 N–H and O–H groups in total. The predicted molar refractivity (Wildman–Crippen MR) is 62.4 cm³/mol. The molecular formula is C12H17NO3. The molecule has 1 rings (SSSR count). The van der Waals surface area contributed by atoms with E-state index in [1.165, 1.54) is 0 Å². The molecule has 0 aliphatic heterocycles. The van der Waals surface area contributed by atoms with E-state index in [1.54, 1.807) is 7.11 Å². The summed E-state index contributed by atoms with van der Waals surface area (Å²) in [6.45, 7) is 3.97. The number of benzene rings is 1. The maximum absolute atomic E-state index is 10.6. The fourth-order valence-electron chi connectivity index (χ4n) is 1.71. The van der Waals surface area contributed by atoms with Gasteiger partial charge in [0.25, 0.3) is 0 Å². The predicted octanol–water partition coefficient (Wildman–Crippen LogP) is 2.71. The van der Waals surface area contributed by atoms with E-state index in [-0.39, 0.29) is 23.3 Å². The molecule has 0 saturated heterocycles. The van der Waals surface area contributed by atoms with E-state index in [0.717, 1.165) is 11.3 Å². The minimum absolute atomic E-state index is 0.0238. The zero-order chi connectivity index (χ0) is 12.1. The second-order valence-electron chi connectivity index (χ2n) is 4.14. The summed E-state index contributed by atoms with van der Waals surface area (Å²) < 4.78 is 5.06. The summed E-state index contributed by atoms with van der Waals surface area (Å²) in [5, 5.41) is 10.6. The van der Waals surface area contributed by atoms with Crippen LogP contribution in [0.5, 0.6) is 5.75 Å². The monoisotopic (exact) mass is 223 g/mol. The molecule has 0 aliphatic carbocycles. The summed E-state index contributed by atoms with van der Waals surface area (Å²) >= 11 is 0. The van der Waals surface area contributed by atoms with Crippen molar-refractivity contribution in [3.63, 3.8) is 0 Å². The summed E-state index contributed by atoms with van der Waals surface area (Å²) in [5.74, 6) is 0.979. The van der Waals surface area contributed by atoms with E-state index in [2.05, 4.69) is 0 Å². The highest BCUT2D eigenvalue weighted by molar-refractivity contribution is 5.29. The Hall–Kier alpha value is -1.58. The van der Waals surface area contributed by atoms with Gasteiger partial charge in [0, 0.05) is 4.92 Å². The number of nitrogens with zero attached hydrogens (tertiary/aromatic N) is 1. The molecule has 88 valence electrons. The molecule has 0 spiro atoms. The number of ether oxygens (including phenoxy) is 1. The lowest BCUT2D eigenvalue weighted by molar-refractivity contribution is -0.484. The van der Waals surface area contributed by atoms with Gasteiger partial charge in [0.2, 0.25) is 6.54 Å². The smallest absolute Gasteiger partial charge is 0.210 e. The minimum Gasteiger partial charge on any atom is -0.497 e. The summed E-state index contributed by atoms with van der Waals surface area (Å²) in [7, 11) is 1.60. The summed E-state index contributed by atoms with van der Waals surface area (Å²) in [5.41, 5.74) is 0.993. The first-order chi connectivity index (χ1) is 7.54. The topological polar surface area (TPSA) is 52.4 Å². The highest BCUT2D eigenvalue weighted by atomic mass is 16.6. The normalized spacial score (nSPS) is 12.5. The Morgan fingerprint density at radius 2 is 1.88 bits per heavy atom. The van der Waals surface area contributed by atoms with Gasteiger partial charge in [-0.15, -0.1) is 0 Å². The molecule has 0 fully saturated rings. The molecule has 16 heavy (non-hydrogen) atoms. The first-order valence-electron chi connectivity index (χ1n) is 5.30. The molecule has 0 bridgehead atoms. The van der Waals surface area contributed by atoms with Crippen LogP contribution in [0.4, 0.5) is 0 Å². The van der Waals surface area contributed by atoms with Crippen molar-refractivity contribution in [1.82, 2.24) is 0 Å². The van der Waals surface area contributed by atoms with Crippen molar-refractivity contribution < 1.29 is 9.66 Å². The van der Waals surface area contributed by atoms with Crippen LogP contribution in [0.3, 0.4) is 0 Å². The summed E-state index contributed by atoms with van der Waals surface area (Å²) in [6, 6.07) is 7.47. The van der Waals surface area contributed by atoms with Crippen LogP contribution in [0.1, 0.15) is 25.3 Å². The molecule has 1 aromatic rings. The standard InChI is InChI=1S/C12H17NO3/c1-9(2)12(8-13(14)15)10-4-6-11(16-3)7-5-10/h4-7,9,12H,8H2,1-3H3/t12-/m0/s1. The van der Waals surface area contributed by atoms with Crippen molar-refractivity contribution >= 4 is 0 Å². The van der Waals surface area contributed by atoms with Crippen molar-refractivity contribution in [2.24, 2.45) is 5.92 Å². The molecule has 0 unspecified atom stereocenters. The zero-order valence-electron chi connectivity index (χ0n) is 9.84. The fraction of sp³-hybridized carbons (Fsp3) is 0.500. The van der Waals surface area contributed by atoms with Gasteiger partial charge in [-0.05, 0) is 23.6 Å². The van der Waals surface area contributed by atoms with Gasteiger partial charge in [-0.1, -0.05) is 26.0 Å². The van der Waals surface area contributed by atoms with Crippen LogP contribution >= 0.6 is 0 Å². The Morgan fingerprint density at radius 1 is 1.31 bits per heavy atom. The molecule has 0 aliphatic rings. The highest BCUT2D eigenvalue weighted by Crippen LogP contribution is 2.26. The third kappa shape index (κ3) is 3.22. The van der Waals surface area contributed by atoms with E-state index in [9.17, 15) is 10.1 Å². The molecule has 1 aromatic carbocycles. The van der Waals surface area contributed by atoms with Crippen LogP contribution in [0.25, 0.3) is 0 Å². The van der Waals surface area contributed by atoms with Gasteiger partial charge < -0.3 is 4.74 Å². The zero-order valence-corrected chi connectivity index (χ0v) is 9.84. The Bertz CT molecular complexity index is 346. The van der Waals surface area contributed by atoms with E-state index in [0.29, 0.717) is 0 Å². The molecule has 1 atom stereocenters. The SMILES string of the molecule is COc1ccc([C@@H](C[N+](=O)[O-])C(C)C)cc1. The molecule has 4 nitrogen and oxygen atoms in total. The molecule has 0 aromatic heterocycles. The van der Waals surface area contributed by atoms with Gasteiger partial charge in [-0.2, -0.15) is 0 Å². The Kier molecular flexibility index (Phi) is 4.28. The third-order valence-corrected chi connectivity index (χ3v) is 2.69. The lowest BCUT2D eigenvalue weighted by Gasteiger charge is -2.17. The minimum atomic E-state index is -0.255. The average molecular weight is 223 g/mol. The number of rotatable bonds is 5. The molecular weight excluding hydrogens is 206 g/mol. The largest absolute Gasteiger partial charge is 0.497 e. The maximum Gasteiger partial charge on any atom is 0.210 e. The van der Waals surface area contributed by atoms with Gasteiger partial charge in [0.15, 0.2) is 0 Å². The van der Waals surface area contributed by atoms with Gasteiger partial charge in [0.1, 0.15) is 5.75 Å². The lowest BCUT2D eigenvalue weighted by atomic mass is 9.88. The van der Waals surface area contributed by atoms with Gasteiger partial charge >= 0.3 is 0 Å². The first kappa shape index (κ1) is 12.5. The van der Waals surface area contributed by atoms with Crippen molar-refractivity contribution in [3.05, 3.63) is 39.9 Å². The van der Waals surface area contributed by atoms with Crippen molar-refractivity contribution in [2.75, 3.05) is 13.7 Å². The van der Waals surface area contributed by atoms with E-state index in [1.807, 2.05) is 38.1 Å². The number of methoxy groups -OCH3 is 1. The van der Waals surface area contributed by atoms with Crippen LogP contribution in [0.2, 0.25) is 0 Å². The second-order valence-corrected chi connectivity index (χ2v) is 4.14. The molecule has 0 amide bonds. The Labute approximate surface area is 95.4 Å². The van der Waals surface area contributed by atoms with Crippen molar-refractivity contribution in [1.29, 1.82) is 0 Å². The quantitative estimate of drug-likeness (QED) is 0.569. The number of hydrogen-bond acceptors (Lipinski definition) is 3.